The Kier molecular flexibility index (Phi) is 4.95. The van der Waals surface area contributed by atoms with Crippen molar-refractivity contribution < 1.29 is 4.74 Å². The van der Waals surface area contributed by atoms with Crippen LogP contribution in [0.5, 0.6) is 5.75 Å². The second kappa shape index (κ2) is 6.33. The summed E-state index contributed by atoms with van der Waals surface area (Å²) in [7, 11) is 0. The molecule has 0 spiro atoms. The van der Waals surface area contributed by atoms with Gasteiger partial charge in [-0.1, -0.05) is 12.1 Å². The molecule has 1 aromatic carbocycles. The van der Waals surface area contributed by atoms with Gasteiger partial charge >= 0.3 is 0 Å². The van der Waals surface area contributed by atoms with Crippen molar-refractivity contribution in [1.82, 2.24) is 0 Å². The molecule has 0 bridgehead atoms. The molecule has 0 amide bonds. The van der Waals surface area contributed by atoms with Crippen LogP contribution >= 0.6 is 12.6 Å². The van der Waals surface area contributed by atoms with Crippen molar-refractivity contribution in [2.45, 2.75) is 12.8 Å². The summed E-state index contributed by atoms with van der Waals surface area (Å²) in [6.07, 6.45) is 1.40. The van der Waals surface area contributed by atoms with Gasteiger partial charge in [-0.3, -0.25) is 0 Å². The average molecular weight is 207 g/mol. The zero-order valence-electron chi connectivity index (χ0n) is 7.94. The second-order valence-electron chi connectivity index (χ2n) is 2.90. The maximum absolute atomic E-state index is 8.47. The van der Waals surface area contributed by atoms with Crippen molar-refractivity contribution >= 4 is 12.6 Å². The van der Waals surface area contributed by atoms with Crippen molar-refractivity contribution in [2.75, 3.05) is 12.4 Å². The number of rotatable bonds is 5. The highest BCUT2D eigenvalue weighted by molar-refractivity contribution is 7.80. The van der Waals surface area contributed by atoms with Gasteiger partial charge < -0.3 is 4.74 Å². The lowest BCUT2D eigenvalue weighted by Gasteiger charge is -2.04. The zero-order valence-corrected chi connectivity index (χ0v) is 8.83. The highest BCUT2D eigenvalue weighted by Crippen LogP contribution is 2.12. The SMILES string of the molecule is N#CCc1ccc(OCCCS)cc1. The van der Waals surface area contributed by atoms with Crippen LogP contribution in [0.15, 0.2) is 24.3 Å². The van der Waals surface area contributed by atoms with Crippen LogP contribution in [0.3, 0.4) is 0 Å². The van der Waals surface area contributed by atoms with E-state index >= 15 is 0 Å². The Morgan fingerprint density at radius 2 is 2.00 bits per heavy atom. The summed E-state index contributed by atoms with van der Waals surface area (Å²) in [6.45, 7) is 0.696. The first kappa shape index (κ1) is 10.9. The van der Waals surface area contributed by atoms with E-state index in [1.165, 1.54) is 0 Å². The molecular weight excluding hydrogens is 194 g/mol. The van der Waals surface area contributed by atoms with Crippen LogP contribution < -0.4 is 4.74 Å². The third-order valence-electron chi connectivity index (χ3n) is 1.78. The average Bonchev–Trinajstić information content (AvgIpc) is 2.21. The van der Waals surface area contributed by atoms with E-state index in [0.29, 0.717) is 13.0 Å². The second-order valence-corrected chi connectivity index (χ2v) is 3.35. The van der Waals surface area contributed by atoms with E-state index in [-0.39, 0.29) is 0 Å². The van der Waals surface area contributed by atoms with Crippen LogP contribution in [-0.4, -0.2) is 12.4 Å². The molecule has 0 aliphatic heterocycles. The molecule has 0 heterocycles. The molecule has 3 heteroatoms. The molecule has 14 heavy (non-hydrogen) atoms. The fraction of sp³-hybridized carbons (Fsp3) is 0.364. The molecule has 0 unspecified atom stereocenters. The first-order chi connectivity index (χ1) is 6.86. The predicted octanol–water partition coefficient (Wildman–Crippen LogP) is 2.45. The summed E-state index contributed by atoms with van der Waals surface area (Å²) in [5, 5.41) is 8.47. The molecule has 0 N–H and O–H groups in total. The highest BCUT2D eigenvalue weighted by atomic mass is 32.1. The van der Waals surface area contributed by atoms with Gasteiger partial charge in [0.05, 0.1) is 19.1 Å². The molecule has 2 nitrogen and oxygen atoms in total. The summed E-state index contributed by atoms with van der Waals surface area (Å²) in [4.78, 5) is 0. The van der Waals surface area contributed by atoms with Gasteiger partial charge in [-0.25, -0.2) is 0 Å². The summed E-state index contributed by atoms with van der Waals surface area (Å²) in [5.41, 5.74) is 1.02. The number of hydrogen-bond acceptors (Lipinski definition) is 3. The number of nitrogens with zero attached hydrogens (tertiary/aromatic N) is 1. The normalized spacial score (nSPS) is 9.43. The lowest BCUT2D eigenvalue weighted by Crippen LogP contribution is -1.97. The van der Waals surface area contributed by atoms with Crippen LogP contribution in [0.2, 0.25) is 0 Å². The van der Waals surface area contributed by atoms with E-state index in [9.17, 15) is 0 Å². The van der Waals surface area contributed by atoms with Gasteiger partial charge in [-0.15, -0.1) is 0 Å². The number of ether oxygens (including phenoxy) is 1. The molecular formula is C11H13NOS. The van der Waals surface area contributed by atoms with E-state index in [2.05, 4.69) is 18.7 Å². The Morgan fingerprint density at radius 3 is 2.57 bits per heavy atom. The topological polar surface area (TPSA) is 33.0 Å². The Labute approximate surface area is 89.9 Å². The minimum absolute atomic E-state index is 0.455. The number of thiol groups is 1. The van der Waals surface area contributed by atoms with E-state index in [4.69, 9.17) is 10.00 Å². The summed E-state index contributed by atoms with van der Waals surface area (Å²) in [5.74, 6) is 1.69. The third-order valence-corrected chi connectivity index (χ3v) is 2.09. The number of nitriles is 1. The van der Waals surface area contributed by atoms with Gasteiger partial charge in [0.25, 0.3) is 0 Å². The van der Waals surface area contributed by atoms with Gasteiger partial charge in [0.1, 0.15) is 5.75 Å². The molecule has 1 aromatic rings. The predicted molar refractivity (Wildman–Crippen MR) is 59.7 cm³/mol. The Bertz CT molecular complexity index is 302. The molecule has 0 aromatic heterocycles. The van der Waals surface area contributed by atoms with Crippen LogP contribution in [0.4, 0.5) is 0 Å². The van der Waals surface area contributed by atoms with Crippen LogP contribution in [0.25, 0.3) is 0 Å². The van der Waals surface area contributed by atoms with Crippen molar-refractivity contribution in [2.24, 2.45) is 0 Å². The van der Waals surface area contributed by atoms with E-state index in [0.717, 1.165) is 23.5 Å². The molecule has 0 aliphatic carbocycles. The first-order valence-corrected chi connectivity index (χ1v) is 5.19. The molecule has 0 saturated carbocycles. The van der Waals surface area contributed by atoms with Crippen molar-refractivity contribution in [1.29, 1.82) is 5.26 Å². The Hall–Kier alpha value is -1.14. The Morgan fingerprint density at radius 1 is 1.29 bits per heavy atom. The first-order valence-electron chi connectivity index (χ1n) is 4.56. The lowest BCUT2D eigenvalue weighted by molar-refractivity contribution is 0.319. The molecule has 0 fully saturated rings. The van der Waals surface area contributed by atoms with Crippen LogP contribution in [-0.2, 0) is 6.42 Å². The van der Waals surface area contributed by atoms with E-state index in [1.807, 2.05) is 24.3 Å². The number of hydrogen-bond donors (Lipinski definition) is 1. The highest BCUT2D eigenvalue weighted by Gasteiger charge is 1.94. The lowest BCUT2D eigenvalue weighted by atomic mass is 10.2. The monoisotopic (exact) mass is 207 g/mol. The van der Waals surface area contributed by atoms with Gasteiger partial charge in [0.15, 0.2) is 0 Å². The van der Waals surface area contributed by atoms with Gasteiger partial charge in [-0.2, -0.15) is 17.9 Å². The smallest absolute Gasteiger partial charge is 0.119 e. The van der Waals surface area contributed by atoms with E-state index < -0.39 is 0 Å². The van der Waals surface area contributed by atoms with E-state index in [1.54, 1.807) is 0 Å². The van der Waals surface area contributed by atoms with Gasteiger partial charge in [0.2, 0.25) is 0 Å². The summed E-state index contributed by atoms with van der Waals surface area (Å²) >= 11 is 4.10. The molecule has 0 aliphatic rings. The molecule has 0 radical (unpaired) electrons. The minimum atomic E-state index is 0.455. The van der Waals surface area contributed by atoms with Gasteiger partial charge in [0, 0.05) is 0 Å². The van der Waals surface area contributed by atoms with Crippen LogP contribution in [0.1, 0.15) is 12.0 Å². The molecule has 74 valence electrons. The van der Waals surface area contributed by atoms with Crippen molar-refractivity contribution in [3.8, 4) is 11.8 Å². The minimum Gasteiger partial charge on any atom is -0.494 e. The Balaban J connectivity index is 2.43. The van der Waals surface area contributed by atoms with Crippen LogP contribution in [0, 0.1) is 11.3 Å². The largest absolute Gasteiger partial charge is 0.494 e. The quantitative estimate of drug-likeness (QED) is 0.594. The maximum Gasteiger partial charge on any atom is 0.119 e. The maximum atomic E-state index is 8.47. The fourth-order valence-corrected chi connectivity index (χ4v) is 1.18. The molecule has 0 saturated heterocycles. The fourth-order valence-electron chi connectivity index (χ4n) is 1.05. The molecule has 0 atom stereocenters. The summed E-state index contributed by atoms with van der Waals surface area (Å²) in [6, 6.07) is 9.72. The standard InChI is InChI=1S/C11H13NOS/c12-7-6-10-2-4-11(5-3-10)13-8-1-9-14/h2-5,14H,1,6,8-9H2. The third kappa shape index (κ3) is 3.71. The van der Waals surface area contributed by atoms with Crippen molar-refractivity contribution in [3.63, 3.8) is 0 Å². The molecule has 1 rings (SSSR count). The van der Waals surface area contributed by atoms with Gasteiger partial charge in [-0.05, 0) is 29.9 Å². The summed E-state index contributed by atoms with van der Waals surface area (Å²) < 4.78 is 5.45. The number of benzene rings is 1. The van der Waals surface area contributed by atoms with Crippen molar-refractivity contribution in [3.05, 3.63) is 29.8 Å². The zero-order chi connectivity index (χ0) is 10.2.